The maximum absolute atomic E-state index is 11.4. The lowest BCUT2D eigenvalue weighted by atomic mass is 9.93. The van der Waals surface area contributed by atoms with Crippen molar-refractivity contribution in [2.45, 2.75) is 18.8 Å². The molecule has 1 aliphatic rings. The number of cyclic esters (lactones) is 1. The lowest BCUT2D eigenvalue weighted by Crippen LogP contribution is -2.42. The first-order valence-corrected chi connectivity index (χ1v) is 4.52. The number of phenols is 2. The fourth-order valence-corrected chi connectivity index (χ4v) is 1.65. The molecule has 86 valence electrons. The molecule has 0 saturated heterocycles. The van der Waals surface area contributed by atoms with Gasteiger partial charge in [-0.2, -0.15) is 0 Å². The molecule has 16 heavy (non-hydrogen) atoms. The monoisotopic (exact) mass is 226 g/mol. The second-order valence-corrected chi connectivity index (χ2v) is 3.78. The van der Waals surface area contributed by atoms with Crippen molar-refractivity contribution in [2.24, 2.45) is 0 Å². The van der Waals surface area contributed by atoms with Crippen LogP contribution in [0.3, 0.4) is 0 Å². The van der Waals surface area contributed by atoms with Gasteiger partial charge in [0.15, 0.2) is 0 Å². The highest BCUT2D eigenvalue weighted by Crippen LogP contribution is 2.40. The number of aliphatic hydroxyl groups excluding tert-OH is 1. The van der Waals surface area contributed by atoms with Crippen LogP contribution in [0.4, 0.5) is 0 Å². The summed E-state index contributed by atoms with van der Waals surface area (Å²) in [5.41, 5.74) is -0.324. The molecule has 0 unspecified atom stereocenters. The Morgan fingerprint density at radius 1 is 1.38 bits per heavy atom. The van der Waals surface area contributed by atoms with Crippen LogP contribution in [0.15, 0.2) is 12.1 Å². The van der Waals surface area contributed by atoms with E-state index in [4.69, 9.17) is 0 Å². The molecule has 4 N–H and O–H groups in total. The fourth-order valence-electron chi connectivity index (χ4n) is 1.65. The number of hydrogen-bond acceptors (Lipinski definition) is 6. The van der Waals surface area contributed by atoms with Gasteiger partial charge in [0.05, 0.1) is 0 Å². The second-order valence-electron chi connectivity index (χ2n) is 3.78. The average Bonchev–Trinajstić information content (AvgIpc) is 2.12. The molecule has 0 aromatic heterocycles. The summed E-state index contributed by atoms with van der Waals surface area (Å²) in [4.78, 5) is 11.4. The molecule has 0 amide bonds. The van der Waals surface area contributed by atoms with Gasteiger partial charge in [0, 0.05) is 18.6 Å². The number of aromatic hydroxyl groups is 2. The SMILES string of the molecule is C[C@@]1(O)OC(=O)c2c(O)cc(O)cc2[C@@H]1O. The van der Waals surface area contributed by atoms with E-state index in [-0.39, 0.29) is 16.9 Å². The molecule has 0 spiro atoms. The number of phenolic OH excluding ortho intramolecular Hbond substituents is 2. The van der Waals surface area contributed by atoms with Gasteiger partial charge in [-0.25, -0.2) is 4.79 Å². The minimum absolute atomic E-state index is 0.0706. The summed E-state index contributed by atoms with van der Waals surface area (Å²) in [6.07, 6.45) is -1.53. The number of fused-ring (bicyclic) bond motifs is 1. The minimum Gasteiger partial charge on any atom is -0.508 e. The quantitative estimate of drug-likeness (QED) is 0.464. The molecule has 0 aliphatic carbocycles. The Labute approximate surface area is 90.3 Å². The Morgan fingerprint density at radius 2 is 2.00 bits per heavy atom. The third-order valence-electron chi connectivity index (χ3n) is 2.44. The zero-order chi connectivity index (χ0) is 12.1. The maximum Gasteiger partial charge on any atom is 0.344 e. The van der Waals surface area contributed by atoms with Gasteiger partial charge in [-0.3, -0.25) is 0 Å². The lowest BCUT2D eigenvalue weighted by molar-refractivity contribution is -0.220. The summed E-state index contributed by atoms with van der Waals surface area (Å²) in [6, 6.07) is 2.04. The highest BCUT2D eigenvalue weighted by Gasteiger charge is 2.44. The van der Waals surface area contributed by atoms with Crippen molar-refractivity contribution in [3.8, 4) is 11.5 Å². The molecule has 0 bridgehead atoms. The van der Waals surface area contributed by atoms with Gasteiger partial charge in [0.2, 0.25) is 5.79 Å². The third kappa shape index (κ3) is 1.39. The molecule has 1 aromatic rings. The fraction of sp³-hybridized carbons (Fsp3) is 0.300. The topological polar surface area (TPSA) is 107 Å². The van der Waals surface area contributed by atoms with Crippen molar-refractivity contribution in [2.75, 3.05) is 0 Å². The molecular weight excluding hydrogens is 216 g/mol. The van der Waals surface area contributed by atoms with Crippen LogP contribution in [0.1, 0.15) is 28.9 Å². The number of benzene rings is 1. The number of esters is 1. The zero-order valence-electron chi connectivity index (χ0n) is 8.34. The Hall–Kier alpha value is -1.79. The first kappa shape index (κ1) is 10.7. The van der Waals surface area contributed by atoms with Crippen molar-refractivity contribution in [1.29, 1.82) is 0 Å². The highest BCUT2D eigenvalue weighted by molar-refractivity contribution is 5.95. The van der Waals surface area contributed by atoms with E-state index in [1.165, 1.54) is 0 Å². The lowest BCUT2D eigenvalue weighted by Gasteiger charge is -2.34. The van der Waals surface area contributed by atoms with Crippen molar-refractivity contribution in [3.63, 3.8) is 0 Å². The predicted molar refractivity (Wildman–Crippen MR) is 50.8 cm³/mol. The van der Waals surface area contributed by atoms with Gasteiger partial charge >= 0.3 is 5.97 Å². The van der Waals surface area contributed by atoms with Gasteiger partial charge in [-0.1, -0.05) is 0 Å². The van der Waals surface area contributed by atoms with Crippen LogP contribution in [-0.4, -0.2) is 32.2 Å². The van der Waals surface area contributed by atoms with E-state index in [1.54, 1.807) is 0 Å². The standard InChI is InChI=1S/C10H10O6/c1-10(15)8(13)5-2-4(11)3-6(12)7(5)9(14)16-10/h2-3,8,11-13,15H,1H3/t8-,10+/m0/s1. The minimum atomic E-state index is -2.08. The zero-order valence-corrected chi connectivity index (χ0v) is 8.34. The number of carbonyl (C=O) groups excluding carboxylic acids is 1. The number of hydrogen-bond donors (Lipinski definition) is 4. The van der Waals surface area contributed by atoms with Crippen LogP contribution in [0.2, 0.25) is 0 Å². The van der Waals surface area contributed by atoms with Crippen LogP contribution in [0, 0.1) is 0 Å². The van der Waals surface area contributed by atoms with Crippen LogP contribution >= 0.6 is 0 Å². The summed E-state index contributed by atoms with van der Waals surface area (Å²) < 4.78 is 4.56. The van der Waals surface area contributed by atoms with Crippen molar-refractivity contribution < 1.29 is 30.0 Å². The molecular formula is C10H10O6. The van der Waals surface area contributed by atoms with E-state index in [1.807, 2.05) is 0 Å². The van der Waals surface area contributed by atoms with Gasteiger partial charge in [-0.05, 0) is 6.07 Å². The predicted octanol–water partition coefficient (Wildman–Crippen LogP) is 0.0101. The van der Waals surface area contributed by atoms with Gasteiger partial charge in [0.1, 0.15) is 23.2 Å². The summed E-state index contributed by atoms with van der Waals surface area (Å²) in [5.74, 6) is -3.86. The summed E-state index contributed by atoms with van der Waals surface area (Å²) in [6.45, 7) is 1.11. The molecule has 6 nitrogen and oxygen atoms in total. The smallest absolute Gasteiger partial charge is 0.344 e. The Morgan fingerprint density at radius 3 is 2.62 bits per heavy atom. The first-order chi connectivity index (χ1) is 7.33. The van der Waals surface area contributed by atoms with E-state index in [0.717, 1.165) is 19.1 Å². The van der Waals surface area contributed by atoms with Gasteiger partial charge in [0.25, 0.3) is 0 Å². The second kappa shape index (κ2) is 3.10. The highest BCUT2D eigenvalue weighted by atomic mass is 16.7. The number of ether oxygens (including phenoxy) is 1. The average molecular weight is 226 g/mol. The van der Waals surface area contributed by atoms with E-state index in [9.17, 15) is 25.2 Å². The molecule has 0 saturated carbocycles. The van der Waals surface area contributed by atoms with Crippen LogP contribution in [-0.2, 0) is 4.74 Å². The Bertz CT molecular complexity index is 465. The molecule has 6 heteroatoms. The molecule has 1 aromatic carbocycles. The molecule has 0 fully saturated rings. The molecule has 2 atom stereocenters. The van der Waals surface area contributed by atoms with E-state index < -0.39 is 23.6 Å². The Kier molecular flexibility index (Phi) is 2.08. The van der Waals surface area contributed by atoms with Crippen molar-refractivity contribution >= 4 is 5.97 Å². The molecule has 1 aliphatic heterocycles. The number of aliphatic hydroxyl groups is 2. The molecule has 0 radical (unpaired) electrons. The van der Waals surface area contributed by atoms with Gasteiger partial charge < -0.3 is 25.2 Å². The summed E-state index contributed by atoms with van der Waals surface area (Å²) in [5, 5.41) is 38.0. The van der Waals surface area contributed by atoms with Crippen LogP contribution < -0.4 is 0 Å². The maximum atomic E-state index is 11.4. The first-order valence-electron chi connectivity index (χ1n) is 4.52. The van der Waals surface area contributed by atoms with Crippen LogP contribution in [0.5, 0.6) is 11.5 Å². The number of carbonyl (C=O) groups is 1. The molecule has 1 heterocycles. The third-order valence-corrected chi connectivity index (χ3v) is 2.44. The summed E-state index contributed by atoms with van der Waals surface area (Å²) in [7, 11) is 0. The van der Waals surface area contributed by atoms with Gasteiger partial charge in [-0.15, -0.1) is 0 Å². The molecule has 2 rings (SSSR count). The van der Waals surface area contributed by atoms with Crippen molar-refractivity contribution in [1.82, 2.24) is 0 Å². The van der Waals surface area contributed by atoms with E-state index in [2.05, 4.69) is 4.74 Å². The van der Waals surface area contributed by atoms with Crippen LogP contribution in [0.25, 0.3) is 0 Å². The van der Waals surface area contributed by atoms with Crippen molar-refractivity contribution in [3.05, 3.63) is 23.3 Å². The van der Waals surface area contributed by atoms with E-state index >= 15 is 0 Å². The summed E-state index contributed by atoms with van der Waals surface area (Å²) >= 11 is 0. The largest absolute Gasteiger partial charge is 0.508 e. The van der Waals surface area contributed by atoms with E-state index in [0.29, 0.717) is 0 Å². The number of rotatable bonds is 0. The normalized spacial score (nSPS) is 28.4. The Balaban J connectivity index is 2.68.